The Bertz CT molecular complexity index is 1790. The van der Waals surface area contributed by atoms with Crippen molar-refractivity contribution < 1.29 is 27.8 Å². The van der Waals surface area contributed by atoms with Crippen LogP contribution in [-0.4, -0.2) is 42.3 Å². The number of rotatable bonds is 8. The average molecular weight is 606 g/mol. The van der Waals surface area contributed by atoms with E-state index in [9.17, 15) is 23.1 Å². The number of pyridine rings is 2. The Balaban J connectivity index is 1.20. The van der Waals surface area contributed by atoms with Crippen molar-refractivity contribution in [1.29, 1.82) is 0 Å². The normalized spacial score (nSPS) is 13.6. The molecule has 0 radical (unpaired) electrons. The zero-order chi connectivity index (χ0) is 30.1. The van der Waals surface area contributed by atoms with Crippen molar-refractivity contribution in [3.63, 3.8) is 0 Å². The summed E-state index contributed by atoms with van der Waals surface area (Å²) in [5, 5.41) is 14.8. The number of fused-ring (bicyclic) bond motifs is 1. The molecule has 220 valence electrons. The molecule has 1 aliphatic heterocycles. The molecule has 1 N–H and O–H groups in total. The third-order valence-corrected chi connectivity index (χ3v) is 8.39. The van der Waals surface area contributed by atoms with Gasteiger partial charge in [-0.2, -0.15) is 18.3 Å². The molecule has 0 unspecified atom stereocenters. The van der Waals surface area contributed by atoms with Gasteiger partial charge in [0, 0.05) is 31.4 Å². The number of aromatic carboxylic acids is 1. The van der Waals surface area contributed by atoms with E-state index >= 15 is 0 Å². The number of carbonyl (C=O) groups is 1. The second-order valence-corrected chi connectivity index (χ2v) is 11.1. The molecule has 0 bridgehead atoms. The highest BCUT2D eigenvalue weighted by molar-refractivity contribution is 7.13. The predicted octanol–water partition coefficient (Wildman–Crippen LogP) is 6.55. The van der Waals surface area contributed by atoms with Crippen molar-refractivity contribution in [3.8, 4) is 22.1 Å². The van der Waals surface area contributed by atoms with Gasteiger partial charge in [-0.05, 0) is 71.8 Å². The van der Waals surface area contributed by atoms with Gasteiger partial charge in [-0.15, -0.1) is 11.3 Å². The Labute approximate surface area is 249 Å². The maximum Gasteiger partial charge on any atom is 0.434 e. The lowest BCUT2D eigenvalue weighted by Gasteiger charge is -2.30. The van der Waals surface area contributed by atoms with Crippen LogP contribution in [0, 0.1) is 6.92 Å². The molecule has 5 heterocycles. The minimum Gasteiger partial charge on any atom is -0.489 e. The van der Waals surface area contributed by atoms with E-state index in [1.54, 1.807) is 12.1 Å². The van der Waals surface area contributed by atoms with E-state index in [4.69, 9.17) is 4.74 Å². The Hall–Kier alpha value is -4.55. The molecule has 8 nitrogen and oxygen atoms in total. The lowest BCUT2D eigenvalue weighted by atomic mass is 9.94. The van der Waals surface area contributed by atoms with Crippen LogP contribution in [0.2, 0.25) is 0 Å². The second-order valence-electron chi connectivity index (χ2n) is 10.2. The quantitative estimate of drug-likeness (QED) is 0.214. The third kappa shape index (κ3) is 5.88. The van der Waals surface area contributed by atoms with E-state index in [1.165, 1.54) is 28.5 Å². The summed E-state index contributed by atoms with van der Waals surface area (Å²) < 4.78 is 48.1. The number of benzene rings is 1. The van der Waals surface area contributed by atoms with Gasteiger partial charge in [0.05, 0.1) is 22.5 Å². The van der Waals surface area contributed by atoms with Crippen molar-refractivity contribution in [2.75, 3.05) is 6.54 Å². The summed E-state index contributed by atoms with van der Waals surface area (Å²) in [6, 6.07) is 16.6. The molecular formula is C31H26F3N5O3S. The number of aromatic nitrogens is 4. The van der Waals surface area contributed by atoms with Crippen molar-refractivity contribution in [2.24, 2.45) is 0 Å². The molecule has 0 fully saturated rings. The Morgan fingerprint density at radius 1 is 1.12 bits per heavy atom. The number of hydrogen-bond donors (Lipinski definition) is 1. The molecule has 1 aromatic carbocycles. The number of alkyl halides is 3. The van der Waals surface area contributed by atoms with Gasteiger partial charge in [0.1, 0.15) is 17.9 Å². The van der Waals surface area contributed by atoms with Crippen LogP contribution in [-0.2, 0) is 32.3 Å². The van der Waals surface area contributed by atoms with Crippen LogP contribution >= 0.6 is 11.3 Å². The van der Waals surface area contributed by atoms with Crippen molar-refractivity contribution >= 4 is 17.3 Å². The lowest BCUT2D eigenvalue weighted by Crippen LogP contribution is -2.30. The summed E-state index contributed by atoms with van der Waals surface area (Å²) in [7, 11) is 0. The summed E-state index contributed by atoms with van der Waals surface area (Å²) in [4.78, 5) is 23.4. The molecule has 0 saturated heterocycles. The zero-order valence-electron chi connectivity index (χ0n) is 23.0. The van der Waals surface area contributed by atoms with Gasteiger partial charge >= 0.3 is 12.1 Å². The highest BCUT2D eigenvalue weighted by Gasteiger charge is 2.41. The maximum absolute atomic E-state index is 13.8. The van der Waals surface area contributed by atoms with E-state index in [1.807, 2.05) is 41.9 Å². The molecule has 6 rings (SSSR count). The molecule has 12 heteroatoms. The van der Waals surface area contributed by atoms with Crippen LogP contribution in [0.5, 0.6) is 5.75 Å². The first-order valence-electron chi connectivity index (χ1n) is 13.5. The molecule has 0 aliphatic carbocycles. The van der Waals surface area contributed by atoms with E-state index < -0.39 is 23.4 Å². The summed E-state index contributed by atoms with van der Waals surface area (Å²) >= 11 is 1.39. The molecule has 4 aromatic heterocycles. The topological polar surface area (TPSA) is 93.4 Å². The number of ether oxygens (including phenoxy) is 1. The van der Waals surface area contributed by atoms with Gasteiger partial charge in [0.25, 0.3) is 0 Å². The van der Waals surface area contributed by atoms with Crippen molar-refractivity contribution in [3.05, 3.63) is 112 Å². The van der Waals surface area contributed by atoms with Gasteiger partial charge in [0.2, 0.25) is 0 Å². The Kier molecular flexibility index (Phi) is 7.72. The van der Waals surface area contributed by atoms with E-state index in [0.717, 1.165) is 53.5 Å². The lowest BCUT2D eigenvalue weighted by molar-refractivity contribution is -0.143. The number of nitrogens with zero attached hydrogens (tertiary/aromatic N) is 5. The molecular weight excluding hydrogens is 579 g/mol. The average Bonchev–Trinajstić information content (AvgIpc) is 3.66. The number of hydrogen-bond acceptors (Lipinski definition) is 7. The van der Waals surface area contributed by atoms with Crippen LogP contribution in [0.1, 0.15) is 44.0 Å². The van der Waals surface area contributed by atoms with Gasteiger partial charge < -0.3 is 9.84 Å². The first-order valence-corrected chi connectivity index (χ1v) is 14.4. The second kappa shape index (κ2) is 11.6. The van der Waals surface area contributed by atoms with Crippen LogP contribution in [0.4, 0.5) is 13.2 Å². The first-order chi connectivity index (χ1) is 20.7. The monoisotopic (exact) mass is 605 g/mol. The van der Waals surface area contributed by atoms with Crippen LogP contribution in [0.3, 0.4) is 0 Å². The molecule has 0 saturated carbocycles. The van der Waals surface area contributed by atoms with E-state index in [0.29, 0.717) is 16.6 Å². The van der Waals surface area contributed by atoms with E-state index in [-0.39, 0.29) is 12.4 Å². The van der Waals surface area contributed by atoms with Crippen LogP contribution in [0.25, 0.3) is 16.4 Å². The Morgan fingerprint density at radius 2 is 1.98 bits per heavy atom. The largest absolute Gasteiger partial charge is 0.489 e. The zero-order valence-corrected chi connectivity index (χ0v) is 23.8. The van der Waals surface area contributed by atoms with E-state index in [2.05, 4.69) is 33.0 Å². The molecule has 5 aromatic rings. The number of carboxylic acids is 1. The van der Waals surface area contributed by atoms with Gasteiger partial charge in [-0.25, -0.2) is 14.5 Å². The fourth-order valence-electron chi connectivity index (χ4n) is 5.34. The number of carboxylic acid groups (broad SMARTS) is 1. The molecule has 0 spiro atoms. The van der Waals surface area contributed by atoms with Crippen molar-refractivity contribution in [2.45, 2.75) is 39.2 Å². The first kappa shape index (κ1) is 28.6. The summed E-state index contributed by atoms with van der Waals surface area (Å²) in [5.41, 5.74) is 3.64. The third-order valence-electron chi connectivity index (χ3n) is 7.41. The van der Waals surface area contributed by atoms with Gasteiger partial charge in [0.15, 0.2) is 11.5 Å². The fraction of sp³-hybridized carbons (Fsp3) is 0.226. The number of halogens is 3. The maximum atomic E-state index is 13.8. The molecule has 0 amide bonds. The minimum absolute atomic E-state index is 0.139. The Morgan fingerprint density at radius 3 is 2.74 bits per heavy atom. The summed E-state index contributed by atoms with van der Waals surface area (Å²) in [6.07, 6.45) is -1.54. The predicted molar refractivity (Wildman–Crippen MR) is 154 cm³/mol. The minimum atomic E-state index is -4.94. The molecule has 43 heavy (non-hydrogen) atoms. The van der Waals surface area contributed by atoms with Crippen LogP contribution < -0.4 is 4.74 Å². The van der Waals surface area contributed by atoms with Gasteiger partial charge in [-0.3, -0.25) is 9.88 Å². The highest BCUT2D eigenvalue weighted by atomic mass is 32.1. The van der Waals surface area contributed by atoms with Gasteiger partial charge in [-0.1, -0.05) is 18.2 Å². The van der Waals surface area contributed by atoms with Crippen molar-refractivity contribution in [1.82, 2.24) is 24.6 Å². The standard InChI is InChI=1S/C31H26F3N5O3S/c1-19-23-10-13-38(17-22-5-2-3-12-35-22)16-20(23)8-9-26(19)42-18-21-11-14-43-28(21)25-6-4-7-27(37-25)39-29(31(32,33)34)24(15-36-39)30(40)41/h2-9,11-12,14-15H,10,13,16-18H2,1H3,(H,40,41). The SMILES string of the molecule is Cc1c(OCc2ccsc2-c2cccc(-n3ncc(C(=O)O)c3C(F)(F)F)n2)ccc2c1CCN(Cc1ccccn1)C2. The highest BCUT2D eigenvalue weighted by Crippen LogP contribution is 2.35. The molecule has 0 atom stereocenters. The summed E-state index contributed by atoms with van der Waals surface area (Å²) in [6.45, 7) is 4.87. The molecule has 1 aliphatic rings. The summed E-state index contributed by atoms with van der Waals surface area (Å²) in [5.74, 6) is -1.07. The number of thiophene rings is 1. The smallest absolute Gasteiger partial charge is 0.434 e. The van der Waals surface area contributed by atoms with Crippen LogP contribution in [0.15, 0.2) is 72.4 Å². The fourth-order valence-corrected chi connectivity index (χ4v) is 6.22.